The zero-order valence-corrected chi connectivity index (χ0v) is 16.5. The van der Waals surface area contributed by atoms with Gasteiger partial charge in [-0.25, -0.2) is 18.2 Å². The van der Waals surface area contributed by atoms with Gasteiger partial charge in [0.25, 0.3) is 30.0 Å². The number of rotatable bonds is 5. The predicted molar refractivity (Wildman–Crippen MR) is 102 cm³/mol. The predicted octanol–water partition coefficient (Wildman–Crippen LogP) is 0.581. The molecule has 1 aromatic carbocycles. The van der Waals surface area contributed by atoms with Gasteiger partial charge in [0.05, 0.1) is 12.1 Å². The lowest BCUT2D eigenvalue weighted by atomic mass is 10.1. The van der Waals surface area contributed by atoms with Gasteiger partial charge in [-0.1, -0.05) is 5.16 Å². The normalized spacial score (nSPS) is 18.1. The largest absolute Gasteiger partial charge is 0.356 e. The van der Waals surface area contributed by atoms with E-state index in [2.05, 4.69) is 15.5 Å². The topological polar surface area (TPSA) is 111 Å². The number of nitrogens with one attached hydrogen (secondary N) is 1. The molecule has 2 aliphatic rings. The molecule has 31 heavy (non-hydrogen) atoms. The third-order valence-electron chi connectivity index (χ3n) is 4.94. The van der Waals surface area contributed by atoms with Crippen LogP contribution in [0.4, 0.5) is 13.6 Å². The lowest BCUT2D eigenvalue weighted by Crippen LogP contribution is -2.62. The molecule has 1 unspecified atom stereocenters. The lowest BCUT2D eigenvalue weighted by Gasteiger charge is -2.30. The maximum atomic E-state index is 13.9. The zero-order chi connectivity index (χ0) is 22.3. The van der Waals surface area contributed by atoms with E-state index in [9.17, 15) is 23.2 Å². The van der Waals surface area contributed by atoms with Crippen LogP contribution in [0.1, 0.15) is 5.69 Å². The van der Waals surface area contributed by atoms with Crippen LogP contribution in [-0.4, -0.2) is 76.2 Å². The van der Waals surface area contributed by atoms with E-state index >= 15 is 0 Å². The molecule has 0 spiro atoms. The molecule has 0 aliphatic carbocycles. The van der Waals surface area contributed by atoms with Gasteiger partial charge in [-0.05, 0) is 17.1 Å². The Morgan fingerprint density at radius 1 is 1.23 bits per heavy atom. The van der Waals surface area contributed by atoms with Crippen molar-refractivity contribution in [1.82, 2.24) is 20.3 Å². The third kappa shape index (κ3) is 3.67. The molecule has 12 heteroatoms. The number of aliphatic imine (C=N–C) groups is 1. The van der Waals surface area contributed by atoms with Gasteiger partial charge in [-0.3, -0.25) is 19.4 Å². The van der Waals surface area contributed by atoms with Crippen molar-refractivity contribution in [2.45, 2.75) is 12.6 Å². The number of carbonyl (C=O) groups is 3. The van der Waals surface area contributed by atoms with E-state index in [-0.39, 0.29) is 30.2 Å². The fraction of sp³-hybridized carbons (Fsp3) is 0.263. The Labute approximate surface area is 174 Å². The van der Waals surface area contributed by atoms with Gasteiger partial charge in [-0.15, -0.1) is 0 Å². The summed E-state index contributed by atoms with van der Waals surface area (Å²) >= 11 is 0. The first-order chi connectivity index (χ1) is 14.8. The average Bonchev–Trinajstić information content (AvgIpc) is 3.36. The summed E-state index contributed by atoms with van der Waals surface area (Å²) in [6.07, 6.45) is 1.34. The first-order valence-electron chi connectivity index (χ1n) is 9.16. The van der Waals surface area contributed by atoms with Gasteiger partial charge in [0.1, 0.15) is 17.3 Å². The number of amidine groups is 1. The van der Waals surface area contributed by atoms with Crippen molar-refractivity contribution in [1.29, 1.82) is 0 Å². The Kier molecular flexibility index (Phi) is 5.05. The van der Waals surface area contributed by atoms with Gasteiger partial charge >= 0.3 is 6.03 Å². The number of fused-ring (bicyclic) bond motifs is 1. The number of carbonyl (C=O) groups excluding carboxylic acids is 3. The molecule has 1 atom stereocenters. The van der Waals surface area contributed by atoms with Crippen molar-refractivity contribution < 1.29 is 32.3 Å². The molecule has 2 aromatic rings. The first-order valence-corrected chi connectivity index (χ1v) is 9.16. The summed E-state index contributed by atoms with van der Waals surface area (Å²) in [5.74, 6) is -2.07. The van der Waals surface area contributed by atoms with Gasteiger partial charge in [0.15, 0.2) is 12.3 Å². The van der Waals surface area contributed by atoms with Crippen LogP contribution in [0.5, 0.6) is 0 Å². The number of imide groups is 1. The molecule has 160 valence electrons. The van der Waals surface area contributed by atoms with Crippen LogP contribution in [0.15, 0.2) is 33.8 Å². The van der Waals surface area contributed by atoms with E-state index < -0.39 is 35.5 Å². The minimum Gasteiger partial charge on any atom is -0.356 e. The SMILES string of the molecule is CN1C(=O)C2C(=NC=[N+]2CC(=O)NCc2cc(-c3ccc(F)cc3F)on2)N(C)C1=O. The number of hydrogen-bond donors (Lipinski definition) is 1. The van der Waals surface area contributed by atoms with Gasteiger partial charge in [0, 0.05) is 26.2 Å². The summed E-state index contributed by atoms with van der Waals surface area (Å²) in [6, 6.07) is 3.13. The summed E-state index contributed by atoms with van der Waals surface area (Å²) in [7, 11) is 2.86. The van der Waals surface area contributed by atoms with Crippen LogP contribution >= 0.6 is 0 Å². The van der Waals surface area contributed by atoms with Crippen molar-refractivity contribution in [3.05, 3.63) is 41.6 Å². The van der Waals surface area contributed by atoms with E-state index in [4.69, 9.17) is 4.52 Å². The Balaban J connectivity index is 1.37. The fourth-order valence-electron chi connectivity index (χ4n) is 3.30. The van der Waals surface area contributed by atoms with Gasteiger partial charge in [0.2, 0.25) is 0 Å². The van der Waals surface area contributed by atoms with Crippen LogP contribution in [0.2, 0.25) is 0 Å². The molecule has 0 bridgehead atoms. The number of urea groups is 1. The molecule has 1 fully saturated rings. The smallest absolute Gasteiger partial charge is 0.333 e. The molecule has 4 amide bonds. The first kappa shape index (κ1) is 20.3. The van der Waals surface area contributed by atoms with E-state index in [1.54, 1.807) is 0 Å². The molecule has 1 N–H and O–H groups in total. The number of amides is 4. The fourth-order valence-corrected chi connectivity index (χ4v) is 3.30. The van der Waals surface area contributed by atoms with E-state index in [0.717, 1.165) is 17.0 Å². The van der Waals surface area contributed by atoms with E-state index in [0.29, 0.717) is 5.69 Å². The van der Waals surface area contributed by atoms with E-state index in [1.165, 1.54) is 42.0 Å². The molecular formula is C19H17F2N6O4+. The van der Waals surface area contributed by atoms with Crippen molar-refractivity contribution in [2.24, 2.45) is 4.99 Å². The average molecular weight is 431 g/mol. The van der Waals surface area contributed by atoms with E-state index in [1.807, 2.05) is 0 Å². The standard InChI is InChI=1S/C19H16F2N6O4/c1-25-17-16(18(29)26(2)19(25)30)27(9-23-17)8-15(28)22-7-11-6-14(31-24-11)12-4-3-10(20)5-13(12)21/h3-6,9,16H,7-8H2,1-2H3/p+1. The Morgan fingerprint density at radius 3 is 2.74 bits per heavy atom. The van der Waals surface area contributed by atoms with Crippen molar-refractivity contribution in [3.8, 4) is 11.3 Å². The van der Waals surface area contributed by atoms with Crippen molar-refractivity contribution in [2.75, 3.05) is 20.6 Å². The van der Waals surface area contributed by atoms with Crippen LogP contribution in [0.25, 0.3) is 11.3 Å². The van der Waals surface area contributed by atoms with Crippen LogP contribution in [0.3, 0.4) is 0 Å². The summed E-state index contributed by atoms with van der Waals surface area (Å²) in [6.45, 7) is -0.194. The number of benzene rings is 1. The monoisotopic (exact) mass is 431 g/mol. The number of likely N-dealkylation sites (N-methyl/N-ethyl adjacent to an activating group) is 2. The molecule has 1 saturated heterocycles. The third-order valence-corrected chi connectivity index (χ3v) is 4.94. The van der Waals surface area contributed by atoms with Crippen molar-refractivity contribution in [3.63, 3.8) is 0 Å². The Morgan fingerprint density at radius 2 is 2.00 bits per heavy atom. The molecule has 0 radical (unpaired) electrons. The maximum absolute atomic E-state index is 13.9. The lowest BCUT2D eigenvalue weighted by molar-refractivity contribution is -0.519. The number of hydrogen-bond acceptors (Lipinski definition) is 6. The summed E-state index contributed by atoms with van der Waals surface area (Å²) in [5.41, 5.74) is 0.370. The van der Waals surface area contributed by atoms with Crippen LogP contribution < -0.4 is 5.32 Å². The van der Waals surface area contributed by atoms with Crippen molar-refractivity contribution >= 4 is 30.0 Å². The summed E-state index contributed by atoms with van der Waals surface area (Å²) in [4.78, 5) is 43.1. The van der Waals surface area contributed by atoms with Gasteiger partial charge < -0.3 is 9.84 Å². The molecule has 4 rings (SSSR count). The minimum atomic E-state index is -0.862. The molecule has 3 heterocycles. The second-order valence-electron chi connectivity index (χ2n) is 7.00. The Hall–Kier alpha value is -3.96. The van der Waals surface area contributed by atoms with Crippen LogP contribution in [0, 0.1) is 11.6 Å². The second-order valence-corrected chi connectivity index (χ2v) is 7.00. The molecule has 1 aromatic heterocycles. The highest BCUT2D eigenvalue weighted by Crippen LogP contribution is 2.24. The molecule has 2 aliphatic heterocycles. The maximum Gasteiger partial charge on any atom is 0.333 e. The highest BCUT2D eigenvalue weighted by Gasteiger charge is 2.50. The number of halogens is 2. The van der Waals surface area contributed by atoms with Crippen LogP contribution in [-0.2, 0) is 16.1 Å². The highest BCUT2D eigenvalue weighted by atomic mass is 19.1. The Bertz CT molecular complexity index is 1160. The molecule has 0 saturated carbocycles. The second kappa shape index (κ2) is 7.70. The summed E-state index contributed by atoms with van der Waals surface area (Å²) in [5, 5.41) is 6.39. The highest BCUT2D eigenvalue weighted by molar-refractivity contribution is 6.21. The van der Waals surface area contributed by atoms with Gasteiger partial charge in [-0.2, -0.15) is 0 Å². The zero-order valence-electron chi connectivity index (χ0n) is 16.5. The molecular weight excluding hydrogens is 414 g/mol. The quantitative estimate of drug-likeness (QED) is 0.697. The number of nitrogens with zero attached hydrogens (tertiary/aromatic N) is 5. The minimum absolute atomic E-state index is 0.0103. The summed E-state index contributed by atoms with van der Waals surface area (Å²) < 4.78 is 33.4. The molecule has 10 nitrogen and oxygen atoms in total. The number of aromatic nitrogens is 1.